The summed E-state index contributed by atoms with van der Waals surface area (Å²) < 4.78 is 4.78. The highest BCUT2D eigenvalue weighted by Gasteiger charge is 2.55. The second kappa shape index (κ2) is 4.41. The Morgan fingerprint density at radius 3 is 2.81 bits per heavy atom. The highest BCUT2D eigenvalue weighted by atomic mass is 16.5. The summed E-state index contributed by atoms with van der Waals surface area (Å²) in [4.78, 5) is 23.7. The molecular formula is C11H18N2O3. The smallest absolute Gasteiger partial charge is 0.246 e. The molecule has 1 atom stereocenters. The summed E-state index contributed by atoms with van der Waals surface area (Å²) in [5, 5.41) is 2.98. The lowest BCUT2D eigenvalue weighted by molar-refractivity contribution is -0.125. The van der Waals surface area contributed by atoms with Gasteiger partial charge in [-0.1, -0.05) is 0 Å². The Hall–Kier alpha value is -1.10. The van der Waals surface area contributed by atoms with Gasteiger partial charge in [0, 0.05) is 26.2 Å². The predicted molar refractivity (Wildman–Crippen MR) is 57.7 cm³/mol. The van der Waals surface area contributed by atoms with Crippen molar-refractivity contribution in [2.24, 2.45) is 5.41 Å². The maximum atomic E-state index is 11.3. The van der Waals surface area contributed by atoms with E-state index in [1.54, 1.807) is 4.90 Å². The Kier molecular flexibility index (Phi) is 3.14. The fourth-order valence-electron chi connectivity index (χ4n) is 2.55. The van der Waals surface area contributed by atoms with Crippen LogP contribution in [0.4, 0.5) is 0 Å². The number of hydrogen-bond donors (Lipinski definition) is 1. The first-order valence-electron chi connectivity index (χ1n) is 5.68. The van der Waals surface area contributed by atoms with Crippen molar-refractivity contribution < 1.29 is 14.3 Å². The number of nitrogens with one attached hydrogen (secondary N) is 1. The summed E-state index contributed by atoms with van der Waals surface area (Å²) in [6.07, 6.45) is 3.97. The van der Waals surface area contributed by atoms with Crippen LogP contribution in [-0.2, 0) is 14.3 Å². The molecule has 1 N–H and O–H groups in total. The number of carbonyl (C=O) groups excluding carboxylic acids is 2. The summed E-state index contributed by atoms with van der Waals surface area (Å²) in [5.41, 5.74) is 0.267. The van der Waals surface area contributed by atoms with Crippen molar-refractivity contribution in [1.29, 1.82) is 0 Å². The normalized spacial score (nSPS) is 26.6. The molecule has 1 saturated heterocycles. The van der Waals surface area contributed by atoms with E-state index in [2.05, 4.69) is 5.32 Å². The van der Waals surface area contributed by atoms with Gasteiger partial charge in [-0.25, -0.2) is 0 Å². The maximum Gasteiger partial charge on any atom is 0.246 e. The zero-order valence-electron chi connectivity index (χ0n) is 9.57. The van der Waals surface area contributed by atoms with E-state index in [9.17, 15) is 9.59 Å². The van der Waals surface area contributed by atoms with Crippen LogP contribution in [0.3, 0.4) is 0 Å². The lowest BCUT2D eigenvalue weighted by Crippen LogP contribution is -2.38. The minimum Gasteiger partial charge on any atom is -0.375 e. The fourth-order valence-corrected chi connectivity index (χ4v) is 2.55. The number of ether oxygens (including phenoxy) is 1. The van der Waals surface area contributed by atoms with Gasteiger partial charge in [0.15, 0.2) is 0 Å². The number of hydrogen-bond acceptors (Lipinski definition) is 3. The van der Waals surface area contributed by atoms with Crippen molar-refractivity contribution >= 4 is 12.3 Å². The molecule has 0 bridgehead atoms. The molecule has 2 aliphatic rings. The average molecular weight is 226 g/mol. The number of nitrogens with zero attached hydrogens (tertiary/aromatic N) is 1. The molecule has 2 fully saturated rings. The van der Waals surface area contributed by atoms with Crippen LogP contribution < -0.4 is 5.32 Å². The summed E-state index contributed by atoms with van der Waals surface area (Å²) in [6, 6.07) is 0.295. The van der Waals surface area contributed by atoms with E-state index in [0.29, 0.717) is 6.04 Å². The summed E-state index contributed by atoms with van der Waals surface area (Å²) in [7, 11) is 1.52. The van der Waals surface area contributed by atoms with E-state index >= 15 is 0 Å². The van der Waals surface area contributed by atoms with Gasteiger partial charge < -0.3 is 15.0 Å². The van der Waals surface area contributed by atoms with E-state index in [4.69, 9.17) is 4.74 Å². The van der Waals surface area contributed by atoms with Crippen LogP contribution >= 0.6 is 0 Å². The van der Waals surface area contributed by atoms with Crippen molar-refractivity contribution in [1.82, 2.24) is 10.2 Å². The van der Waals surface area contributed by atoms with Crippen LogP contribution in [-0.4, -0.2) is 50.1 Å². The van der Waals surface area contributed by atoms with Gasteiger partial charge in [-0.2, -0.15) is 0 Å². The van der Waals surface area contributed by atoms with Gasteiger partial charge in [0.2, 0.25) is 12.3 Å². The molecule has 0 aromatic heterocycles. The third-order valence-corrected chi connectivity index (χ3v) is 3.74. The van der Waals surface area contributed by atoms with E-state index in [1.807, 2.05) is 0 Å². The van der Waals surface area contributed by atoms with Crippen LogP contribution in [0.2, 0.25) is 0 Å². The van der Waals surface area contributed by atoms with Gasteiger partial charge in [-0.3, -0.25) is 9.59 Å². The lowest BCUT2D eigenvalue weighted by Gasteiger charge is -2.30. The highest BCUT2D eigenvalue weighted by molar-refractivity contribution is 5.78. The lowest BCUT2D eigenvalue weighted by atomic mass is 9.93. The van der Waals surface area contributed by atoms with Gasteiger partial charge in [0.05, 0.1) is 0 Å². The summed E-state index contributed by atoms with van der Waals surface area (Å²) >= 11 is 0. The van der Waals surface area contributed by atoms with E-state index in [1.165, 1.54) is 7.11 Å². The number of carbonyl (C=O) groups is 2. The average Bonchev–Trinajstić information content (AvgIpc) is 2.92. The molecule has 0 unspecified atom stereocenters. The number of amides is 2. The van der Waals surface area contributed by atoms with Gasteiger partial charge in [-0.15, -0.1) is 0 Å². The molecule has 1 aliphatic heterocycles. The zero-order chi connectivity index (χ0) is 11.6. The molecule has 5 nitrogen and oxygen atoms in total. The van der Waals surface area contributed by atoms with Crippen molar-refractivity contribution in [3.8, 4) is 0 Å². The molecule has 0 radical (unpaired) electrons. The van der Waals surface area contributed by atoms with Gasteiger partial charge in [0.1, 0.15) is 6.61 Å². The van der Waals surface area contributed by atoms with E-state index in [-0.39, 0.29) is 17.9 Å². The summed E-state index contributed by atoms with van der Waals surface area (Å²) in [6.45, 7) is 1.77. The van der Waals surface area contributed by atoms with Gasteiger partial charge in [0.25, 0.3) is 0 Å². The molecule has 2 amide bonds. The standard InChI is InChI=1S/C11H18N2O3/c1-16-7-10(15)12-9-6-11(9)2-4-13(8-14)5-3-11/h8-9H,2-7H2,1H3,(H,12,15)/t9-/m1/s1. The molecule has 5 heteroatoms. The highest BCUT2D eigenvalue weighted by Crippen LogP contribution is 2.53. The second-order valence-electron chi connectivity index (χ2n) is 4.76. The predicted octanol–water partition coefficient (Wildman–Crippen LogP) is -0.240. The van der Waals surface area contributed by atoms with Crippen LogP contribution in [0.5, 0.6) is 0 Å². The van der Waals surface area contributed by atoms with Gasteiger partial charge in [-0.05, 0) is 24.7 Å². The quantitative estimate of drug-likeness (QED) is 0.673. The van der Waals surface area contributed by atoms with Crippen molar-refractivity contribution in [2.75, 3.05) is 26.8 Å². The molecule has 1 heterocycles. The molecule has 16 heavy (non-hydrogen) atoms. The van der Waals surface area contributed by atoms with E-state index < -0.39 is 0 Å². The first-order chi connectivity index (χ1) is 7.70. The Bertz CT molecular complexity index is 285. The number of rotatable bonds is 4. The second-order valence-corrected chi connectivity index (χ2v) is 4.76. The first kappa shape index (κ1) is 11.4. The monoisotopic (exact) mass is 226 g/mol. The fraction of sp³-hybridized carbons (Fsp3) is 0.818. The van der Waals surface area contributed by atoms with Crippen LogP contribution in [0.1, 0.15) is 19.3 Å². The Labute approximate surface area is 95.1 Å². The largest absolute Gasteiger partial charge is 0.375 e. The third-order valence-electron chi connectivity index (χ3n) is 3.74. The molecule has 0 aromatic rings. The minimum absolute atomic E-state index is 0.0396. The molecule has 90 valence electrons. The molecular weight excluding hydrogens is 208 g/mol. The maximum absolute atomic E-state index is 11.3. The van der Waals surface area contributed by atoms with E-state index in [0.717, 1.165) is 38.8 Å². The molecule has 1 spiro atoms. The molecule has 1 aliphatic carbocycles. The zero-order valence-corrected chi connectivity index (χ0v) is 9.57. The topological polar surface area (TPSA) is 58.6 Å². The Morgan fingerprint density at radius 1 is 1.56 bits per heavy atom. The number of likely N-dealkylation sites (tertiary alicyclic amines) is 1. The molecule has 2 rings (SSSR count). The minimum atomic E-state index is -0.0396. The van der Waals surface area contributed by atoms with Crippen LogP contribution in [0.25, 0.3) is 0 Å². The van der Waals surface area contributed by atoms with Crippen molar-refractivity contribution in [3.05, 3.63) is 0 Å². The first-order valence-corrected chi connectivity index (χ1v) is 5.68. The van der Waals surface area contributed by atoms with Crippen LogP contribution in [0.15, 0.2) is 0 Å². The van der Waals surface area contributed by atoms with Crippen molar-refractivity contribution in [2.45, 2.75) is 25.3 Å². The third kappa shape index (κ3) is 2.19. The van der Waals surface area contributed by atoms with Crippen LogP contribution in [0, 0.1) is 5.41 Å². The van der Waals surface area contributed by atoms with Gasteiger partial charge >= 0.3 is 0 Å². The Balaban J connectivity index is 1.77. The summed E-state index contributed by atoms with van der Waals surface area (Å²) in [5.74, 6) is -0.0396. The molecule has 1 saturated carbocycles. The Morgan fingerprint density at radius 2 is 2.25 bits per heavy atom. The number of piperidine rings is 1. The van der Waals surface area contributed by atoms with Crippen molar-refractivity contribution in [3.63, 3.8) is 0 Å². The SMILES string of the molecule is COCC(=O)N[C@@H]1CC12CCN(C=O)CC2. The molecule has 0 aromatic carbocycles. The number of methoxy groups -OCH3 is 1.